The van der Waals surface area contributed by atoms with Crippen LogP contribution in [0.25, 0.3) is 43.2 Å². The molecule has 492 valence electrons. The third kappa shape index (κ3) is 16.9. The number of carbonyl (C=O) groups excluding carboxylic acids is 5. The molecule has 6 aliphatic rings. The molecule has 2 saturated heterocycles. The summed E-state index contributed by atoms with van der Waals surface area (Å²) in [4.78, 5) is 102. The largest absolute Gasteiger partial charge is 0.479 e. The number of nitrogens with two attached hydrogens (primary N) is 1. The van der Waals surface area contributed by atoms with Crippen molar-refractivity contribution in [3.63, 3.8) is 0 Å². The van der Waals surface area contributed by atoms with E-state index in [1.807, 2.05) is 83.6 Å². The third-order valence-electron chi connectivity index (χ3n) is 15.8. The van der Waals surface area contributed by atoms with Crippen LogP contribution in [0.5, 0.6) is 11.8 Å². The van der Waals surface area contributed by atoms with Gasteiger partial charge in [0.25, 0.3) is 5.91 Å². The van der Waals surface area contributed by atoms with Gasteiger partial charge < -0.3 is 34.7 Å². The van der Waals surface area contributed by atoms with E-state index in [4.69, 9.17) is 45.4 Å². The summed E-state index contributed by atoms with van der Waals surface area (Å²) < 4.78 is 76.7. The molecule has 31 heteroatoms. The number of hydrogen-bond acceptors (Lipinski definition) is 20. The van der Waals surface area contributed by atoms with Crippen molar-refractivity contribution in [2.45, 2.75) is 150 Å². The predicted octanol–water partition coefficient (Wildman–Crippen LogP) is 6.83. The molecule has 6 fully saturated rings. The maximum atomic E-state index is 13.9. The fraction of sp³-hybridized carbons (Fsp3) is 0.452. The molecule has 2 aliphatic heterocycles. The van der Waals surface area contributed by atoms with Crippen molar-refractivity contribution in [3.8, 4) is 32.9 Å². The van der Waals surface area contributed by atoms with Gasteiger partial charge in [-0.2, -0.15) is 0 Å². The number of primary sulfonamides is 1. The second-order valence-electron chi connectivity index (χ2n) is 25.2. The van der Waals surface area contributed by atoms with Gasteiger partial charge in [-0.05, 0) is 129 Å². The smallest absolute Gasteiger partial charge is 0.411 e. The second kappa shape index (κ2) is 28.1. The van der Waals surface area contributed by atoms with Gasteiger partial charge in [0.2, 0.25) is 43.6 Å². The van der Waals surface area contributed by atoms with Crippen LogP contribution in [-0.4, -0.2) is 167 Å². The van der Waals surface area contributed by atoms with E-state index in [1.165, 1.54) is 44.6 Å². The Morgan fingerprint density at radius 3 is 1.35 bits per heavy atom. The van der Waals surface area contributed by atoms with Gasteiger partial charge in [-0.3, -0.25) is 28.9 Å². The van der Waals surface area contributed by atoms with E-state index >= 15 is 0 Å². The molecule has 12 rings (SSSR count). The Labute approximate surface area is 573 Å². The number of nitrogens with zero attached hydrogens (tertiary/aromatic N) is 6. The summed E-state index contributed by atoms with van der Waals surface area (Å²) in [5.41, 5.74) is -0.747. The van der Waals surface area contributed by atoms with Gasteiger partial charge >= 0.3 is 18.2 Å². The number of carbonyl (C=O) groups is 6. The van der Waals surface area contributed by atoms with E-state index in [-0.39, 0.29) is 86.9 Å². The molecule has 8 atom stereocenters. The van der Waals surface area contributed by atoms with Crippen LogP contribution >= 0.6 is 22.7 Å². The van der Waals surface area contributed by atoms with Crippen LogP contribution in [0.4, 0.5) is 9.59 Å². The van der Waals surface area contributed by atoms with E-state index in [9.17, 15) is 50.7 Å². The van der Waals surface area contributed by atoms with E-state index in [0.29, 0.717) is 52.2 Å². The minimum absolute atomic E-state index is 0. The van der Waals surface area contributed by atoms with Crippen molar-refractivity contribution in [3.05, 3.63) is 109 Å². The van der Waals surface area contributed by atoms with Crippen LogP contribution in [0.1, 0.15) is 92.9 Å². The molecule has 4 saturated carbocycles. The van der Waals surface area contributed by atoms with Crippen molar-refractivity contribution in [2.24, 2.45) is 17.0 Å². The number of nitrogens with one attached hydrogen (secondary N) is 3. The van der Waals surface area contributed by atoms with Crippen LogP contribution in [0.3, 0.4) is 0 Å². The molecule has 6 heterocycles. The van der Waals surface area contributed by atoms with E-state index < -0.39 is 114 Å². The first-order valence-corrected chi connectivity index (χ1v) is 34.5. The number of fused-ring (bicyclic) bond motifs is 2. The topological polar surface area (TPSA) is 348 Å². The zero-order chi connectivity index (χ0) is 67.6. The van der Waals surface area contributed by atoms with E-state index in [1.54, 1.807) is 41.5 Å². The Morgan fingerprint density at radius 2 is 1.03 bits per heavy atom. The van der Waals surface area contributed by atoms with Crippen molar-refractivity contribution in [1.82, 2.24) is 45.1 Å². The number of sulfonamides is 2. The third-order valence-corrected chi connectivity index (χ3v) is 20.8. The molecular weight excluding hydrogens is 1500 g/mol. The number of carboxylic acid groups (broad SMARTS) is 1. The number of aromatic nitrogens is 4. The van der Waals surface area contributed by atoms with Gasteiger partial charge in [-0.25, -0.2) is 56.3 Å². The number of hydrogen-bond donors (Lipinski definition) is 5. The Hall–Kier alpha value is -7.00. The van der Waals surface area contributed by atoms with Gasteiger partial charge in [-0.1, -0.05) is 48.6 Å². The summed E-state index contributed by atoms with van der Waals surface area (Å²) in [5, 5.41) is 23.0. The normalized spacial score (nSPS) is 23.8. The number of para-hydroxylation sites is 4. The molecule has 0 spiro atoms. The Morgan fingerprint density at radius 1 is 0.645 bits per heavy atom. The first-order valence-electron chi connectivity index (χ1n) is 30.1. The molecule has 6 aromatic rings. The summed E-state index contributed by atoms with van der Waals surface area (Å²) in [6, 6.07) is 20.4. The van der Waals surface area contributed by atoms with E-state index in [2.05, 4.69) is 36.9 Å². The molecule has 0 bridgehead atoms. The summed E-state index contributed by atoms with van der Waals surface area (Å²) >= 11 is 2.98. The summed E-state index contributed by atoms with van der Waals surface area (Å²) in [5.74, 6) is -3.45. The van der Waals surface area contributed by atoms with Crippen molar-refractivity contribution in [1.29, 1.82) is 1.34 Å². The molecule has 6 N–H and O–H groups in total. The minimum Gasteiger partial charge on any atom is -0.479 e. The van der Waals surface area contributed by atoms with Crippen LogP contribution in [0.2, 0.25) is 0 Å². The fourth-order valence-electron chi connectivity index (χ4n) is 10.6. The van der Waals surface area contributed by atoms with Crippen molar-refractivity contribution >= 4 is 109 Å². The zero-order valence-electron chi connectivity index (χ0n) is 53.0. The monoisotopic (exact) mass is 1580 g/mol. The van der Waals surface area contributed by atoms with Gasteiger partial charge in [0.15, 0.2) is 0 Å². The molecule has 4 aromatic heterocycles. The maximum Gasteiger partial charge on any atom is 0.411 e. The first kappa shape index (κ1) is 70.3. The van der Waals surface area contributed by atoms with E-state index in [0.717, 1.165) is 22.6 Å². The molecule has 2 aromatic carbocycles. The van der Waals surface area contributed by atoms with Gasteiger partial charge in [0, 0.05) is 64.2 Å². The number of likely N-dealkylation sites (tertiary alicyclic amines) is 2. The van der Waals surface area contributed by atoms with Gasteiger partial charge in [0.05, 0.1) is 55.4 Å². The average Bonchev–Trinajstić information content (AvgIpc) is 1.58. The summed E-state index contributed by atoms with van der Waals surface area (Å²) in [6.07, 6.45) is 3.46. The number of thiophene rings is 2. The standard InChI is InChI=1S/C31H35N5O7S2.C28H30N4O6S.C3H7NO2S.BH.U/c1-5-18-16-31(18,28(38)35-45(40,41)20-12-13-20)34-26(37)23-15-19(17-36(23)29(39)43-30(2,3)4)42-27-25(24-11-8-14-44-24)32-21-9-6-7-10-22(21)33-27;1-5-16-14-28(16,25(34)35)31-23(33)20-13-17(15-32(20)26(36)38-27(2,3)4)37-24-22(21-11-8-12-39-21)29-18-9-6-7-10-19(18)30-24;4-7(5,6)3-1-2-3;;/h5-11,14,18-20,23H,1,12-13,15-17H2,2-4H3,(H,34,37)(H,35,38);5-12,16-17,20H,1,13-15H2,2-4H3,(H,31,33)(H,34,35);3H,1-2H2,(H2,4,5,6);1H;/t18-,19-,23+,31-;16-,17-,20+,28-;;;/m11.../s1/i;;;1D;. The second-order valence-corrected chi connectivity index (χ2v) is 30.9. The molecule has 5 amide bonds. The summed E-state index contributed by atoms with van der Waals surface area (Å²) in [7, 11) is -3.22. The molecule has 0 unspecified atom stereocenters. The Bertz CT molecular complexity index is 4060. The van der Waals surface area contributed by atoms with Crippen molar-refractivity contribution in [2.75, 3.05) is 13.1 Å². The Balaban J connectivity index is 0.000000212. The number of carboxylic acids is 1. The number of rotatable bonds is 17. The number of benzene rings is 2. The molecule has 4 aliphatic carbocycles. The number of amides is 5. The average molecular weight is 1580 g/mol. The van der Waals surface area contributed by atoms with Crippen LogP contribution in [0, 0.1) is 42.9 Å². The number of ether oxygens (including phenoxy) is 4. The molecule has 2 radical (unpaired) electrons. The van der Waals surface area contributed by atoms with Gasteiger partial charge in [0.1, 0.15) is 58.0 Å². The maximum absolute atomic E-state index is 13.9. The van der Waals surface area contributed by atoms with Crippen LogP contribution in [0.15, 0.2) is 109 Å². The first-order chi connectivity index (χ1) is 43.9. The molecule has 93 heavy (non-hydrogen) atoms. The quantitative estimate of drug-likeness (QED) is 0.0461. The fourth-order valence-corrected chi connectivity index (χ4v) is 14.2. The zero-order valence-corrected chi connectivity index (χ0v) is 59.4. The van der Waals surface area contributed by atoms with Gasteiger partial charge in [-0.15, -0.1) is 35.8 Å². The van der Waals surface area contributed by atoms with Crippen LogP contribution in [-0.2, 0) is 48.7 Å². The molecular formula is C62H73BN10O15S4U. The van der Waals surface area contributed by atoms with Crippen LogP contribution < -0.4 is 30.0 Å². The SMILES string of the molecule is C=C[C@@H]1C[C@]1(NC(=O)[C@@H]1C[C@@H](Oc2nc3ccccc3nc2-c2cccs2)CN1C(=O)OC(C)(C)C)C(=O)NS(=O)(=O)C1CC1.C=C[C@@H]1C[C@]1(NC(=O)[C@@H]1C[C@@H](Oc2nc3ccccc3nc2-c2cccs2)CN1C(=O)OC(C)(C)C)C(=O)O.NS(=O)(=O)C1CC1.[2H][B].[U]. The summed E-state index contributed by atoms with van der Waals surface area (Å²) in [6.45, 7) is 17.8. The molecule has 25 nitrogen and oxygen atoms in total. The number of aliphatic carboxylic acids is 1. The minimum atomic E-state index is -3.84. The Kier molecular flexibility index (Phi) is 21.3. The predicted molar refractivity (Wildman–Crippen MR) is 347 cm³/mol. The van der Waals surface area contributed by atoms with Crippen molar-refractivity contribution < 1.29 is 101 Å².